The molecule has 0 aromatic rings. The molecule has 3 saturated carbocycles. The first-order chi connectivity index (χ1) is 9.39. The Morgan fingerprint density at radius 1 is 1.10 bits per heavy atom. The molecule has 3 heteroatoms. The minimum Gasteiger partial charge on any atom is -0.406 e. The first kappa shape index (κ1) is 16.4. The zero-order chi connectivity index (χ0) is 15.1. The highest BCUT2D eigenvalue weighted by Gasteiger charge is 2.62. The Kier molecular flexibility index (Phi) is 4.91. The summed E-state index contributed by atoms with van der Waals surface area (Å²) in [4.78, 5) is 0. The van der Waals surface area contributed by atoms with E-state index in [9.17, 15) is 0 Å². The van der Waals surface area contributed by atoms with Gasteiger partial charge in [0.15, 0.2) is 0 Å². The molecule has 2 nitrogen and oxygen atoms in total. The summed E-state index contributed by atoms with van der Waals surface area (Å²) in [5.41, 5.74) is 0.487. The summed E-state index contributed by atoms with van der Waals surface area (Å²) in [6.07, 6.45) is 4.55. The highest BCUT2D eigenvalue weighted by atomic mass is 16.7. The predicted molar refractivity (Wildman–Crippen MR) is 85.7 cm³/mol. The molecule has 4 fully saturated rings. The molecular formula is C17H33BO2. The SMILES string of the molecule is CC.CC(C)C[C@H](C)B1O[C@@H]2CC3CC([C@@H]2O1)C3(C)C. The Hall–Kier alpha value is -0.0151. The van der Waals surface area contributed by atoms with Crippen molar-refractivity contribution in [2.45, 2.75) is 85.8 Å². The van der Waals surface area contributed by atoms with Crippen molar-refractivity contribution < 1.29 is 9.31 Å². The van der Waals surface area contributed by atoms with E-state index < -0.39 is 0 Å². The summed E-state index contributed by atoms with van der Waals surface area (Å²) in [5, 5.41) is 0. The fraction of sp³-hybridized carbons (Fsp3) is 1.00. The van der Waals surface area contributed by atoms with Crippen molar-refractivity contribution in [1.29, 1.82) is 0 Å². The molecule has 2 unspecified atom stereocenters. The second-order valence-electron chi connectivity index (χ2n) is 7.85. The second kappa shape index (κ2) is 6.00. The molecule has 116 valence electrons. The molecule has 4 rings (SSSR count). The van der Waals surface area contributed by atoms with Crippen molar-refractivity contribution in [2.75, 3.05) is 0 Å². The van der Waals surface area contributed by atoms with Crippen molar-refractivity contribution in [1.82, 2.24) is 0 Å². The Labute approximate surface area is 126 Å². The van der Waals surface area contributed by atoms with Gasteiger partial charge >= 0.3 is 7.12 Å². The van der Waals surface area contributed by atoms with Crippen LogP contribution in [0.2, 0.25) is 5.82 Å². The number of hydrogen-bond donors (Lipinski definition) is 0. The van der Waals surface area contributed by atoms with Gasteiger partial charge in [-0.05, 0) is 48.2 Å². The molecule has 4 aliphatic rings. The molecule has 0 aromatic heterocycles. The van der Waals surface area contributed by atoms with Crippen LogP contribution >= 0.6 is 0 Å². The summed E-state index contributed by atoms with van der Waals surface area (Å²) >= 11 is 0. The largest absolute Gasteiger partial charge is 0.460 e. The lowest BCUT2D eigenvalue weighted by Crippen LogP contribution is -2.59. The molecule has 0 amide bonds. The van der Waals surface area contributed by atoms with Gasteiger partial charge in [-0.15, -0.1) is 0 Å². The van der Waals surface area contributed by atoms with Crippen LogP contribution in [-0.2, 0) is 9.31 Å². The van der Waals surface area contributed by atoms with Crippen LogP contribution in [0.4, 0.5) is 0 Å². The van der Waals surface area contributed by atoms with Gasteiger partial charge in [0.25, 0.3) is 0 Å². The van der Waals surface area contributed by atoms with Gasteiger partial charge in [-0.1, -0.05) is 48.5 Å². The Balaban J connectivity index is 0.000000704. The molecule has 3 aliphatic carbocycles. The summed E-state index contributed by atoms with van der Waals surface area (Å²) in [7, 11) is 0.0533. The fourth-order valence-corrected chi connectivity index (χ4v) is 4.48. The van der Waals surface area contributed by atoms with Crippen LogP contribution < -0.4 is 0 Å². The third-order valence-electron chi connectivity index (χ3n) is 5.73. The molecule has 20 heavy (non-hydrogen) atoms. The Bertz CT molecular complexity index is 329. The van der Waals surface area contributed by atoms with E-state index in [2.05, 4.69) is 34.6 Å². The fourth-order valence-electron chi connectivity index (χ4n) is 4.48. The molecule has 0 aromatic carbocycles. The van der Waals surface area contributed by atoms with Crippen LogP contribution in [0.25, 0.3) is 0 Å². The minimum absolute atomic E-state index is 0.0533. The van der Waals surface area contributed by atoms with Crippen LogP contribution in [0.3, 0.4) is 0 Å². The molecule has 1 saturated heterocycles. The summed E-state index contributed by atoms with van der Waals surface area (Å²) in [5.74, 6) is 2.85. The van der Waals surface area contributed by atoms with Gasteiger partial charge < -0.3 is 9.31 Å². The number of rotatable bonds is 3. The van der Waals surface area contributed by atoms with Crippen molar-refractivity contribution in [2.24, 2.45) is 23.2 Å². The maximum absolute atomic E-state index is 6.29. The molecule has 0 N–H and O–H groups in total. The molecule has 2 bridgehead atoms. The van der Waals surface area contributed by atoms with Crippen molar-refractivity contribution in [3.8, 4) is 0 Å². The van der Waals surface area contributed by atoms with E-state index in [4.69, 9.17) is 9.31 Å². The molecule has 0 radical (unpaired) electrons. The summed E-state index contributed by atoms with van der Waals surface area (Å²) in [6, 6.07) is 0. The van der Waals surface area contributed by atoms with E-state index in [0.29, 0.717) is 23.4 Å². The van der Waals surface area contributed by atoms with Crippen LogP contribution in [0, 0.1) is 23.2 Å². The van der Waals surface area contributed by atoms with Crippen molar-refractivity contribution >= 4 is 7.12 Å². The van der Waals surface area contributed by atoms with Gasteiger partial charge in [-0.2, -0.15) is 0 Å². The third kappa shape index (κ3) is 2.68. The zero-order valence-electron chi connectivity index (χ0n) is 14.5. The lowest BCUT2D eigenvalue weighted by Gasteiger charge is -2.60. The van der Waals surface area contributed by atoms with Crippen molar-refractivity contribution in [3.05, 3.63) is 0 Å². The van der Waals surface area contributed by atoms with Gasteiger partial charge in [0.1, 0.15) is 0 Å². The van der Waals surface area contributed by atoms with E-state index in [0.717, 1.165) is 17.8 Å². The monoisotopic (exact) mass is 280 g/mol. The average molecular weight is 280 g/mol. The first-order valence-corrected chi connectivity index (χ1v) is 8.70. The zero-order valence-corrected chi connectivity index (χ0v) is 14.5. The highest BCUT2D eigenvalue weighted by molar-refractivity contribution is 6.47. The highest BCUT2D eigenvalue weighted by Crippen LogP contribution is 2.61. The lowest BCUT2D eigenvalue weighted by molar-refractivity contribution is -0.150. The molecule has 0 spiro atoms. The quantitative estimate of drug-likeness (QED) is 0.692. The second-order valence-corrected chi connectivity index (χ2v) is 7.85. The first-order valence-electron chi connectivity index (χ1n) is 8.70. The van der Waals surface area contributed by atoms with Crippen LogP contribution in [-0.4, -0.2) is 19.3 Å². The minimum atomic E-state index is 0.0533. The van der Waals surface area contributed by atoms with Crippen molar-refractivity contribution in [3.63, 3.8) is 0 Å². The van der Waals surface area contributed by atoms with Gasteiger partial charge in [0.2, 0.25) is 0 Å². The van der Waals surface area contributed by atoms with E-state index in [1.165, 1.54) is 19.3 Å². The maximum atomic E-state index is 6.29. The van der Waals surface area contributed by atoms with Crippen LogP contribution in [0.15, 0.2) is 0 Å². The van der Waals surface area contributed by atoms with E-state index >= 15 is 0 Å². The molecular weight excluding hydrogens is 247 g/mol. The third-order valence-corrected chi connectivity index (χ3v) is 5.73. The van der Waals surface area contributed by atoms with E-state index in [1.54, 1.807) is 0 Å². The van der Waals surface area contributed by atoms with Gasteiger partial charge in [0, 0.05) is 0 Å². The van der Waals surface area contributed by atoms with Crippen LogP contribution in [0.5, 0.6) is 0 Å². The standard InChI is InChI=1S/C15H27BO2.C2H6/c1-9(2)6-10(3)16-17-13-8-11-7-12(14(13)18-16)15(11,4)5;1-2/h9-14H,6-8H2,1-5H3;1-2H3/t10-,11?,12?,13+,14-;/m0./s1. The van der Waals surface area contributed by atoms with Gasteiger partial charge in [0.05, 0.1) is 12.2 Å². The lowest BCUT2D eigenvalue weighted by atomic mass is 9.47. The predicted octanol–water partition coefficient (Wildman–Crippen LogP) is 4.79. The Morgan fingerprint density at radius 3 is 2.30 bits per heavy atom. The summed E-state index contributed by atoms with van der Waals surface area (Å²) < 4.78 is 12.5. The molecule has 5 atom stereocenters. The van der Waals surface area contributed by atoms with Gasteiger partial charge in [-0.3, -0.25) is 0 Å². The van der Waals surface area contributed by atoms with E-state index in [-0.39, 0.29) is 7.12 Å². The summed E-state index contributed by atoms with van der Waals surface area (Å²) in [6.45, 7) is 15.7. The smallest absolute Gasteiger partial charge is 0.406 e. The Morgan fingerprint density at radius 2 is 1.75 bits per heavy atom. The average Bonchev–Trinajstić information content (AvgIpc) is 2.83. The maximum Gasteiger partial charge on any atom is 0.460 e. The molecule has 1 aliphatic heterocycles. The topological polar surface area (TPSA) is 18.5 Å². The molecule has 1 heterocycles. The van der Waals surface area contributed by atoms with E-state index in [1.807, 2.05) is 13.8 Å². The van der Waals surface area contributed by atoms with Gasteiger partial charge in [-0.25, -0.2) is 0 Å². The van der Waals surface area contributed by atoms with Crippen LogP contribution in [0.1, 0.15) is 67.7 Å². The normalized spacial score (nSPS) is 38.7. The number of hydrogen-bond acceptors (Lipinski definition) is 2.